The second-order valence-electron chi connectivity index (χ2n) is 3.49. The third kappa shape index (κ3) is 3.22. The molecule has 0 aromatic heterocycles. The van der Waals surface area contributed by atoms with Gasteiger partial charge in [-0.05, 0) is 30.7 Å². The Balaban J connectivity index is 2.70. The third-order valence-electron chi connectivity index (χ3n) is 2.12. The highest BCUT2D eigenvalue weighted by molar-refractivity contribution is 5.94. The van der Waals surface area contributed by atoms with Crippen molar-refractivity contribution in [3.05, 3.63) is 29.3 Å². The van der Waals surface area contributed by atoms with Crippen molar-refractivity contribution in [2.24, 2.45) is 5.73 Å². The molecule has 5 heteroatoms. The summed E-state index contributed by atoms with van der Waals surface area (Å²) in [7, 11) is 0. The van der Waals surface area contributed by atoms with Crippen LogP contribution in [0.3, 0.4) is 0 Å². The van der Waals surface area contributed by atoms with E-state index in [2.05, 4.69) is 0 Å². The molecule has 1 rings (SSSR count). The largest absolute Gasteiger partial charge is 0.491 e. The number of benzene rings is 1. The minimum absolute atomic E-state index is 0.00581. The average Bonchev–Trinajstić information content (AvgIpc) is 2.25. The Kier molecular flexibility index (Phi) is 4.28. The molecule has 1 amide bonds. The zero-order valence-electron chi connectivity index (χ0n) is 9.01. The smallest absolute Gasteiger partial charge is 0.248 e. The van der Waals surface area contributed by atoms with Gasteiger partial charge in [-0.2, -0.15) is 0 Å². The molecule has 0 saturated heterocycles. The van der Waals surface area contributed by atoms with Crippen LogP contribution < -0.4 is 10.5 Å². The number of hydrogen-bond acceptors (Lipinski definition) is 4. The zero-order chi connectivity index (χ0) is 12.1. The topological polar surface area (TPSA) is 92.8 Å². The lowest BCUT2D eigenvalue weighted by atomic mass is 10.1. The molecule has 0 spiro atoms. The molecule has 1 aromatic carbocycles. The van der Waals surface area contributed by atoms with Gasteiger partial charge in [0.2, 0.25) is 5.91 Å². The lowest BCUT2D eigenvalue weighted by Crippen LogP contribution is -2.21. The maximum atomic E-state index is 11.0. The number of primary amides is 1. The maximum absolute atomic E-state index is 11.0. The van der Waals surface area contributed by atoms with Gasteiger partial charge in [-0.25, -0.2) is 0 Å². The van der Waals surface area contributed by atoms with Crippen LogP contribution in [0.1, 0.15) is 15.9 Å². The summed E-state index contributed by atoms with van der Waals surface area (Å²) < 4.78 is 5.21. The summed E-state index contributed by atoms with van der Waals surface area (Å²) in [6, 6.07) is 4.82. The van der Waals surface area contributed by atoms with Crippen molar-refractivity contribution in [1.29, 1.82) is 0 Å². The number of aryl methyl sites for hydroxylation is 1. The number of aliphatic hydroxyl groups excluding tert-OH is 2. The number of amides is 1. The van der Waals surface area contributed by atoms with Gasteiger partial charge >= 0.3 is 0 Å². The first-order valence-electron chi connectivity index (χ1n) is 4.86. The monoisotopic (exact) mass is 225 g/mol. The Morgan fingerprint density at radius 3 is 2.75 bits per heavy atom. The highest BCUT2D eigenvalue weighted by Gasteiger charge is 2.07. The van der Waals surface area contributed by atoms with Crippen molar-refractivity contribution >= 4 is 5.91 Å². The molecule has 0 radical (unpaired) electrons. The molecule has 0 aliphatic carbocycles. The predicted octanol–water partition coefficient (Wildman–Crippen LogP) is -0.174. The number of aliphatic hydroxyl groups is 2. The molecule has 88 valence electrons. The fraction of sp³-hybridized carbons (Fsp3) is 0.364. The van der Waals surface area contributed by atoms with Gasteiger partial charge in [-0.15, -0.1) is 0 Å². The van der Waals surface area contributed by atoms with E-state index in [-0.39, 0.29) is 13.2 Å². The molecule has 0 heterocycles. The Morgan fingerprint density at radius 2 is 2.25 bits per heavy atom. The van der Waals surface area contributed by atoms with Crippen LogP contribution in [0.25, 0.3) is 0 Å². The zero-order valence-corrected chi connectivity index (χ0v) is 9.01. The minimum Gasteiger partial charge on any atom is -0.491 e. The van der Waals surface area contributed by atoms with Crippen LogP contribution in [0, 0.1) is 6.92 Å². The molecule has 16 heavy (non-hydrogen) atoms. The second-order valence-corrected chi connectivity index (χ2v) is 3.49. The second kappa shape index (κ2) is 5.48. The number of rotatable bonds is 5. The van der Waals surface area contributed by atoms with Crippen LogP contribution in [0.4, 0.5) is 0 Å². The molecule has 5 nitrogen and oxygen atoms in total. The Labute approximate surface area is 93.5 Å². The number of hydrogen-bond donors (Lipinski definition) is 3. The van der Waals surface area contributed by atoms with E-state index in [1.54, 1.807) is 25.1 Å². The maximum Gasteiger partial charge on any atom is 0.248 e. The van der Waals surface area contributed by atoms with E-state index in [9.17, 15) is 4.79 Å². The summed E-state index contributed by atoms with van der Waals surface area (Å²) in [5.41, 5.74) is 6.31. The molecule has 1 atom stereocenters. The predicted molar refractivity (Wildman–Crippen MR) is 58.3 cm³/mol. The molecule has 0 saturated carbocycles. The molecule has 1 unspecified atom stereocenters. The number of ether oxygens (including phenoxy) is 1. The summed E-state index contributed by atoms with van der Waals surface area (Å²) in [6.07, 6.45) is -0.906. The van der Waals surface area contributed by atoms with Gasteiger partial charge in [-0.3, -0.25) is 4.79 Å². The van der Waals surface area contributed by atoms with Crippen molar-refractivity contribution in [2.75, 3.05) is 13.2 Å². The van der Waals surface area contributed by atoms with Gasteiger partial charge in [0.05, 0.1) is 6.61 Å². The first kappa shape index (κ1) is 12.5. The first-order chi connectivity index (χ1) is 7.54. The van der Waals surface area contributed by atoms with Crippen LogP contribution in [0.2, 0.25) is 0 Å². The standard InChI is InChI=1S/C11H15NO4/c1-7-4-9(16-6-8(14)5-13)2-3-10(7)11(12)15/h2-4,8,13-14H,5-6H2,1H3,(H2,12,15). The van der Waals surface area contributed by atoms with Crippen molar-refractivity contribution < 1.29 is 19.7 Å². The Bertz CT molecular complexity index is 378. The lowest BCUT2D eigenvalue weighted by molar-refractivity contribution is 0.0536. The van der Waals surface area contributed by atoms with Crippen LogP contribution >= 0.6 is 0 Å². The fourth-order valence-electron chi connectivity index (χ4n) is 1.25. The van der Waals surface area contributed by atoms with Gasteiger partial charge < -0.3 is 20.7 Å². The van der Waals surface area contributed by atoms with Gasteiger partial charge in [0.15, 0.2) is 0 Å². The van der Waals surface area contributed by atoms with Gasteiger partial charge in [0.25, 0.3) is 0 Å². The van der Waals surface area contributed by atoms with Crippen molar-refractivity contribution in [1.82, 2.24) is 0 Å². The Morgan fingerprint density at radius 1 is 1.56 bits per heavy atom. The van der Waals surface area contributed by atoms with E-state index in [4.69, 9.17) is 20.7 Å². The minimum atomic E-state index is -0.906. The number of nitrogens with two attached hydrogens (primary N) is 1. The quantitative estimate of drug-likeness (QED) is 0.648. The molecule has 0 bridgehead atoms. The van der Waals surface area contributed by atoms with Gasteiger partial charge in [0.1, 0.15) is 18.5 Å². The average molecular weight is 225 g/mol. The van der Waals surface area contributed by atoms with E-state index < -0.39 is 12.0 Å². The molecule has 4 N–H and O–H groups in total. The van der Waals surface area contributed by atoms with E-state index in [0.717, 1.165) is 0 Å². The van der Waals surface area contributed by atoms with E-state index in [0.29, 0.717) is 16.9 Å². The van der Waals surface area contributed by atoms with E-state index in [1.807, 2.05) is 0 Å². The molecule has 0 fully saturated rings. The SMILES string of the molecule is Cc1cc(OCC(O)CO)ccc1C(N)=O. The van der Waals surface area contributed by atoms with Gasteiger partial charge in [0, 0.05) is 5.56 Å². The summed E-state index contributed by atoms with van der Waals surface area (Å²) in [4.78, 5) is 11.0. The third-order valence-corrected chi connectivity index (χ3v) is 2.12. The molecule has 0 aliphatic rings. The summed E-state index contributed by atoms with van der Waals surface area (Å²) in [6.45, 7) is 1.40. The molecule has 0 aliphatic heterocycles. The van der Waals surface area contributed by atoms with Gasteiger partial charge in [-0.1, -0.05) is 0 Å². The van der Waals surface area contributed by atoms with Crippen LogP contribution in [0.5, 0.6) is 5.75 Å². The molecule has 1 aromatic rings. The van der Waals surface area contributed by atoms with Crippen molar-refractivity contribution in [2.45, 2.75) is 13.0 Å². The van der Waals surface area contributed by atoms with Crippen LogP contribution in [0.15, 0.2) is 18.2 Å². The van der Waals surface area contributed by atoms with E-state index >= 15 is 0 Å². The first-order valence-corrected chi connectivity index (χ1v) is 4.86. The molecular formula is C11H15NO4. The highest BCUT2D eigenvalue weighted by Crippen LogP contribution is 2.17. The fourth-order valence-corrected chi connectivity index (χ4v) is 1.25. The summed E-state index contributed by atoms with van der Waals surface area (Å²) in [5.74, 6) is 0.0365. The lowest BCUT2D eigenvalue weighted by Gasteiger charge is -2.11. The number of carbonyl (C=O) groups is 1. The summed E-state index contributed by atoms with van der Waals surface area (Å²) in [5, 5.41) is 17.7. The van der Waals surface area contributed by atoms with Crippen LogP contribution in [-0.4, -0.2) is 35.4 Å². The normalized spacial score (nSPS) is 12.2. The highest BCUT2D eigenvalue weighted by atomic mass is 16.5. The Hall–Kier alpha value is -1.59. The molecular weight excluding hydrogens is 210 g/mol. The van der Waals surface area contributed by atoms with Crippen molar-refractivity contribution in [3.8, 4) is 5.75 Å². The summed E-state index contributed by atoms with van der Waals surface area (Å²) >= 11 is 0. The van der Waals surface area contributed by atoms with Crippen molar-refractivity contribution in [3.63, 3.8) is 0 Å². The van der Waals surface area contributed by atoms with Crippen LogP contribution in [-0.2, 0) is 0 Å². The number of carbonyl (C=O) groups excluding carboxylic acids is 1. The van der Waals surface area contributed by atoms with E-state index in [1.165, 1.54) is 0 Å².